The lowest BCUT2D eigenvalue weighted by molar-refractivity contribution is -0.155. The number of carbonyl (C=O) groups excluding carboxylic acids is 1. The molecule has 2 aromatic carbocycles. The van der Waals surface area contributed by atoms with E-state index in [1.54, 1.807) is 24.3 Å². The minimum Gasteiger partial charge on any atom is -0.461 e. The van der Waals surface area contributed by atoms with Gasteiger partial charge in [0.05, 0.1) is 18.4 Å². The van der Waals surface area contributed by atoms with Gasteiger partial charge in [-0.15, -0.1) is 5.10 Å². The van der Waals surface area contributed by atoms with Gasteiger partial charge in [0.25, 0.3) is 5.56 Å². The lowest BCUT2D eigenvalue weighted by Gasteiger charge is -2.30. The number of benzene rings is 2. The predicted molar refractivity (Wildman–Crippen MR) is 108 cm³/mol. The van der Waals surface area contributed by atoms with Gasteiger partial charge in [-0.05, 0) is 23.1 Å². The van der Waals surface area contributed by atoms with E-state index in [0.29, 0.717) is 17.3 Å². The first-order valence-electron chi connectivity index (χ1n) is 9.40. The van der Waals surface area contributed by atoms with Gasteiger partial charge in [-0.1, -0.05) is 68.4 Å². The molecule has 1 aromatic heterocycles. The summed E-state index contributed by atoms with van der Waals surface area (Å²) in [5.74, 6) is -0.349. The normalized spacial score (nSPS) is 12.7. The Balaban J connectivity index is 1.66. The van der Waals surface area contributed by atoms with Crippen LogP contribution in [0.3, 0.4) is 0 Å². The number of hydrogen-bond donors (Lipinski definition) is 0. The SMILES string of the molecule is CC(C)(C)C(Cc1ccccc1)OC(=O)CCn1nnc2ccccc2c1=O. The summed E-state index contributed by atoms with van der Waals surface area (Å²) in [4.78, 5) is 24.9. The zero-order valence-corrected chi connectivity index (χ0v) is 16.5. The molecular weight excluding hydrogens is 354 g/mol. The molecule has 0 aliphatic carbocycles. The van der Waals surface area contributed by atoms with Crippen LogP contribution in [0.15, 0.2) is 59.4 Å². The molecule has 3 rings (SSSR count). The summed E-state index contributed by atoms with van der Waals surface area (Å²) in [5, 5.41) is 8.45. The molecule has 0 saturated heterocycles. The quantitative estimate of drug-likeness (QED) is 0.614. The number of fused-ring (bicyclic) bond motifs is 1. The Morgan fingerprint density at radius 2 is 1.75 bits per heavy atom. The summed E-state index contributed by atoms with van der Waals surface area (Å²) in [7, 11) is 0. The Morgan fingerprint density at radius 1 is 1.07 bits per heavy atom. The standard InChI is InChI=1S/C22H25N3O3/c1-22(2,3)19(15-16-9-5-4-6-10-16)28-20(26)13-14-25-21(27)17-11-7-8-12-18(17)23-24-25/h4-12,19H,13-15H2,1-3H3. The number of aryl methyl sites for hydroxylation is 1. The van der Waals surface area contributed by atoms with Crippen molar-refractivity contribution in [2.75, 3.05) is 0 Å². The van der Waals surface area contributed by atoms with Gasteiger partial charge in [0.15, 0.2) is 0 Å². The maximum Gasteiger partial charge on any atom is 0.307 e. The zero-order chi connectivity index (χ0) is 20.1. The van der Waals surface area contributed by atoms with Crippen molar-refractivity contribution in [2.24, 2.45) is 5.41 Å². The number of esters is 1. The number of ether oxygens (including phenoxy) is 1. The number of hydrogen-bond acceptors (Lipinski definition) is 5. The summed E-state index contributed by atoms with van der Waals surface area (Å²) < 4.78 is 6.98. The van der Waals surface area contributed by atoms with Crippen LogP contribution in [0.4, 0.5) is 0 Å². The Bertz CT molecular complexity index is 1010. The van der Waals surface area contributed by atoms with Crippen LogP contribution in [0.1, 0.15) is 32.8 Å². The molecule has 3 aromatic rings. The predicted octanol–water partition coefficient (Wildman–Crippen LogP) is 3.38. The fourth-order valence-electron chi connectivity index (χ4n) is 2.94. The second-order valence-corrected chi connectivity index (χ2v) is 7.92. The van der Waals surface area contributed by atoms with Crippen LogP contribution in [-0.2, 0) is 22.5 Å². The summed E-state index contributed by atoms with van der Waals surface area (Å²) >= 11 is 0. The molecule has 146 valence electrons. The molecule has 1 heterocycles. The van der Waals surface area contributed by atoms with E-state index in [-0.39, 0.29) is 36.0 Å². The van der Waals surface area contributed by atoms with Gasteiger partial charge >= 0.3 is 5.97 Å². The summed E-state index contributed by atoms with van der Waals surface area (Å²) in [6.07, 6.45) is 0.446. The van der Waals surface area contributed by atoms with Gasteiger partial charge in [0, 0.05) is 6.42 Å². The molecule has 0 radical (unpaired) electrons. The molecule has 0 aliphatic heterocycles. The van der Waals surface area contributed by atoms with E-state index in [9.17, 15) is 9.59 Å². The molecule has 0 amide bonds. The highest BCUT2D eigenvalue weighted by atomic mass is 16.5. The fraction of sp³-hybridized carbons (Fsp3) is 0.364. The minimum absolute atomic E-state index is 0.0638. The molecular formula is C22H25N3O3. The Hall–Kier alpha value is -3.02. The Labute approximate surface area is 164 Å². The van der Waals surface area contributed by atoms with E-state index in [1.165, 1.54) is 4.68 Å². The van der Waals surface area contributed by atoms with Crippen LogP contribution in [-0.4, -0.2) is 27.1 Å². The molecule has 0 N–H and O–H groups in total. The lowest BCUT2D eigenvalue weighted by Crippen LogP contribution is -2.34. The van der Waals surface area contributed by atoms with Gasteiger partial charge in [0.2, 0.25) is 0 Å². The average molecular weight is 379 g/mol. The van der Waals surface area contributed by atoms with Gasteiger partial charge in [0.1, 0.15) is 11.6 Å². The third-order valence-electron chi connectivity index (χ3n) is 4.66. The highest BCUT2D eigenvalue weighted by molar-refractivity contribution is 5.76. The Kier molecular flexibility index (Phi) is 5.87. The van der Waals surface area contributed by atoms with Crippen molar-refractivity contribution in [1.82, 2.24) is 15.0 Å². The Morgan fingerprint density at radius 3 is 2.46 bits per heavy atom. The minimum atomic E-state index is -0.349. The average Bonchev–Trinajstić information content (AvgIpc) is 2.67. The monoisotopic (exact) mass is 379 g/mol. The number of carbonyl (C=O) groups is 1. The molecule has 0 spiro atoms. The highest BCUT2D eigenvalue weighted by Crippen LogP contribution is 2.26. The van der Waals surface area contributed by atoms with E-state index >= 15 is 0 Å². The molecule has 6 heteroatoms. The fourth-order valence-corrected chi connectivity index (χ4v) is 2.94. The third kappa shape index (κ3) is 4.82. The summed E-state index contributed by atoms with van der Waals surface area (Å²) in [5.41, 5.74) is 1.20. The molecule has 0 fully saturated rings. The van der Waals surface area contributed by atoms with Crippen molar-refractivity contribution in [1.29, 1.82) is 0 Å². The second kappa shape index (κ2) is 8.33. The molecule has 0 saturated carbocycles. The molecule has 28 heavy (non-hydrogen) atoms. The van der Waals surface area contributed by atoms with Crippen LogP contribution >= 0.6 is 0 Å². The first kappa shape index (κ1) is 19.7. The van der Waals surface area contributed by atoms with Crippen LogP contribution < -0.4 is 5.56 Å². The summed E-state index contributed by atoms with van der Waals surface area (Å²) in [6, 6.07) is 17.0. The van der Waals surface area contributed by atoms with E-state index in [2.05, 4.69) is 10.3 Å². The van der Waals surface area contributed by atoms with Crippen LogP contribution in [0.2, 0.25) is 0 Å². The third-order valence-corrected chi connectivity index (χ3v) is 4.66. The van der Waals surface area contributed by atoms with E-state index < -0.39 is 0 Å². The van der Waals surface area contributed by atoms with Crippen molar-refractivity contribution in [3.8, 4) is 0 Å². The zero-order valence-electron chi connectivity index (χ0n) is 16.5. The van der Waals surface area contributed by atoms with Crippen LogP contribution in [0.5, 0.6) is 0 Å². The molecule has 1 atom stereocenters. The van der Waals surface area contributed by atoms with E-state index in [1.807, 2.05) is 51.1 Å². The smallest absolute Gasteiger partial charge is 0.307 e. The highest BCUT2D eigenvalue weighted by Gasteiger charge is 2.28. The second-order valence-electron chi connectivity index (χ2n) is 7.92. The van der Waals surface area contributed by atoms with E-state index in [0.717, 1.165) is 5.56 Å². The van der Waals surface area contributed by atoms with Crippen LogP contribution in [0.25, 0.3) is 10.9 Å². The number of nitrogens with zero attached hydrogens (tertiary/aromatic N) is 3. The summed E-state index contributed by atoms with van der Waals surface area (Å²) in [6.45, 7) is 6.28. The van der Waals surface area contributed by atoms with E-state index in [4.69, 9.17) is 4.74 Å². The van der Waals surface area contributed by atoms with Gasteiger partial charge in [-0.3, -0.25) is 9.59 Å². The molecule has 0 bridgehead atoms. The van der Waals surface area contributed by atoms with Gasteiger partial charge < -0.3 is 4.74 Å². The largest absolute Gasteiger partial charge is 0.461 e. The van der Waals surface area contributed by atoms with Crippen molar-refractivity contribution < 1.29 is 9.53 Å². The van der Waals surface area contributed by atoms with Gasteiger partial charge in [-0.25, -0.2) is 4.68 Å². The van der Waals surface area contributed by atoms with Crippen molar-refractivity contribution in [3.05, 3.63) is 70.5 Å². The van der Waals surface area contributed by atoms with Crippen molar-refractivity contribution in [2.45, 2.75) is 46.3 Å². The number of rotatable bonds is 6. The van der Waals surface area contributed by atoms with Gasteiger partial charge in [-0.2, -0.15) is 0 Å². The van der Waals surface area contributed by atoms with Crippen molar-refractivity contribution in [3.63, 3.8) is 0 Å². The first-order valence-corrected chi connectivity index (χ1v) is 9.40. The van der Waals surface area contributed by atoms with Crippen molar-refractivity contribution >= 4 is 16.9 Å². The molecule has 1 unspecified atom stereocenters. The maximum atomic E-state index is 12.5. The number of aromatic nitrogens is 3. The van der Waals surface area contributed by atoms with Crippen LogP contribution in [0, 0.1) is 5.41 Å². The topological polar surface area (TPSA) is 74.1 Å². The maximum absolute atomic E-state index is 12.5. The molecule has 6 nitrogen and oxygen atoms in total. The molecule has 0 aliphatic rings. The lowest BCUT2D eigenvalue weighted by atomic mass is 9.85. The first-order chi connectivity index (χ1) is 13.3.